The SMILES string of the molecule is CSC(C)CCNC(=O)Nc1ccc(F)cc1C(=O)O. The molecule has 20 heavy (non-hydrogen) atoms. The molecule has 0 saturated carbocycles. The summed E-state index contributed by atoms with van der Waals surface area (Å²) >= 11 is 1.70. The lowest BCUT2D eigenvalue weighted by Crippen LogP contribution is -2.31. The third kappa shape index (κ3) is 5.08. The van der Waals surface area contributed by atoms with Crippen molar-refractivity contribution >= 4 is 29.4 Å². The van der Waals surface area contributed by atoms with Gasteiger partial charge < -0.3 is 15.7 Å². The van der Waals surface area contributed by atoms with E-state index in [4.69, 9.17) is 5.11 Å². The van der Waals surface area contributed by atoms with Gasteiger partial charge in [0.1, 0.15) is 5.82 Å². The van der Waals surface area contributed by atoms with Gasteiger partial charge in [-0.15, -0.1) is 0 Å². The van der Waals surface area contributed by atoms with Gasteiger partial charge in [-0.3, -0.25) is 0 Å². The van der Waals surface area contributed by atoms with Crippen LogP contribution in [-0.4, -0.2) is 35.2 Å². The number of benzene rings is 1. The fourth-order valence-corrected chi connectivity index (χ4v) is 1.83. The highest BCUT2D eigenvalue weighted by Crippen LogP contribution is 2.17. The minimum Gasteiger partial charge on any atom is -0.478 e. The van der Waals surface area contributed by atoms with Crippen LogP contribution in [0.4, 0.5) is 14.9 Å². The molecule has 5 nitrogen and oxygen atoms in total. The second kappa shape index (κ2) is 7.74. The van der Waals surface area contributed by atoms with Crippen LogP contribution < -0.4 is 10.6 Å². The van der Waals surface area contributed by atoms with Crippen LogP contribution in [0.15, 0.2) is 18.2 Å². The van der Waals surface area contributed by atoms with Crippen molar-refractivity contribution in [1.82, 2.24) is 5.32 Å². The number of hydrogen-bond donors (Lipinski definition) is 3. The Morgan fingerprint density at radius 2 is 2.15 bits per heavy atom. The van der Waals surface area contributed by atoms with Gasteiger partial charge in [-0.05, 0) is 30.9 Å². The zero-order valence-electron chi connectivity index (χ0n) is 11.3. The summed E-state index contributed by atoms with van der Waals surface area (Å²) in [5, 5.41) is 14.4. The Bertz CT molecular complexity index is 497. The first-order valence-corrected chi connectivity index (χ1v) is 7.33. The van der Waals surface area contributed by atoms with E-state index >= 15 is 0 Å². The van der Waals surface area contributed by atoms with Gasteiger partial charge in [-0.25, -0.2) is 14.0 Å². The van der Waals surface area contributed by atoms with Gasteiger partial charge in [0.2, 0.25) is 0 Å². The quantitative estimate of drug-likeness (QED) is 0.755. The summed E-state index contributed by atoms with van der Waals surface area (Å²) in [6.45, 7) is 2.53. The highest BCUT2D eigenvalue weighted by molar-refractivity contribution is 7.99. The second-order valence-corrected chi connectivity index (χ2v) is 5.49. The van der Waals surface area contributed by atoms with Crippen molar-refractivity contribution in [1.29, 1.82) is 0 Å². The molecule has 1 unspecified atom stereocenters. The van der Waals surface area contributed by atoms with Gasteiger partial charge >= 0.3 is 12.0 Å². The number of carbonyl (C=O) groups excluding carboxylic acids is 1. The predicted molar refractivity (Wildman–Crippen MR) is 78.0 cm³/mol. The van der Waals surface area contributed by atoms with Gasteiger partial charge in [-0.1, -0.05) is 6.92 Å². The van der Waals surface area contributed by atoms with Crippen molar-refractivity contribution in [2.24, 2.45) is 0 Å². The molecule has 1 aromatic carbocycles. The number of aromatic carboxylic acids is 1. The Balaban J connectivity index is 2.60. The van der Waals surface area contributed by atoms with Gasteiger partial charge in [0, 0.05) is 11.8 Å². The average molecular weight is 300 g/mol. The number of urea groups is 1. The minimum absolute atomic E-state index is 0.0642. The molecule has 0 heterocycles. The molecular formula is C13H17FN2O3S. The van der Waals surface area contributed by atoms with Crippen LogP contribution in [0.5, 0.6) is 0 Å². The first-order valence-electron chi connectivity index (χ1n) is 6.04. The van der Waals surface area contributed by atoms with E-state index in [-0.39, 0.29) is 11.3 Å². The normalized spacial score (nSPS) is 11.8. The molecule has 0 radical (unpaired) electrons. The lowest BCUT2D eigenvalue weighted by molar-refractivity contribution is 0.0697. The van der Waals surface area contributed by atoms with E-state index in [2.05, 4.69) is 10.6 Å². The topological polar surface area (TPSA) is 78.4 Å². The first-order chi connectivity index (χ1) is 9.43. The summed E-state index contributed by atoms with van der Waals surface area (Å²) in [5.74, 6) is -1.96. The van der Waals surface area contributed by atoms with E-state index < -0.39 is 17.8 Å². The minimum atomic E-state index is -1.30. The average Bonchev–Trinajstić information content (AvgIpc) is 2.40. The van der Waals surface area contributed by atoms with Crippen molar-refractivity contribution in [3.05, 3.63) is 29.6 Å². The number of anilines is 1. The third-order valence-electron chi connectivity index (χ3n) is 2.70. The Kier molecular flexibility index (Phi) is 6.30. The van der Waals surface area contributed by atoms with Crippen molar-refractivity contribution in [2.45, 2.75) is 18.6 Å². The van der Waals surface area contributed by atoms with Gasteiger partial charge in [0.25, 0.3) is 0 Å². The first kappa shape index (κ1) is 16.3. The van der Waals surface area contributed by atoms with Crippen molar-refractivity contribution in [3.63, 3.8) is 0 Å². The maximum atomic E-state index is 13.0. The number of thioether (sulfide) groups is 1. The molecule has 7 heteroatoms. The van der Waals surface area contributed by atoms with Gasteiger partial charge in [0.05, 0.1) is 11.3 Å². The lowest BCUT2D eigenvalue weighted by atomic mass is 10.2. The monoisotopic (exact) mass is 300 g/mol. The molecule has 0 aliphatic heterocycles. The second-order valence-electron chi connectivity index (χ2n) is 4.21. The van der Waals surface area contributed by atoms with Gasteiger partial charge in [-0.2, -0.15) is 11.8 Å². The number of halogens is 1. The number of carbonyl (C=O) groups is 2. The van der Waals surface area contributed by atoms with Crippen molar-refractivity contribution in [2.75, 3.05) is 18.1 Å². The molecule has 2 amide bonds. The molecule has 0 aliphatic carbocycles. The lowest BCUT2D eigenvalue weighted by Gasteiger charge is -2.11. The fourth-order valence-electron chi connectivity index (χ4n) is 1.48. The molecule has 0 spiro atoms. The molecule has 0 saturated heterocycles. The summed E-state index contributed by atoms with van der Waals surface area (Å²) in [6, 6.07) is 2.68. The summed E-state index contributed by atoms with van der Waals surface area (Å²) in [6.07, 6.45) is 2.80. The standard InChI is InChI=1S/C13H17FN2O3S/c1-8(20-2)5-6-15-13(19)16-11-4-3-9(14)7-10(11)12(17)18/h3-4,7-8H,5-6H2,1-2H3,(H,17,18)(H2,15,16,19). The smallest absolute Gasteiger partial charge is 0.337 e. The van der Waals surface area contributed by atoms with E-state index in [0.717, 1.165) is 18.6 Å². The Hall–Kier alpha value is -1.76. The largest absolute Gasteiger partial charge is 0.478 e. The molecule has 3 N–H and O–H groups in total. The number of hydrogen-bond acceptors (Lipinski definition) is 3. The van der Waals surface area contributed by atoms with Gasteiger partial charge in [0.15, 0.2) is 0 Å². The Labute approximate surface area is 120 Å². The highest BCUT2D eigenvalue weighted by Gasteiger charge is 2.13. The van der Waals surface area contributed by atoms with E-state index in [1.807, 2.05) is 13.2 Å². The van der Waals surface area contributed by atoms with Crippen LogP contribution in [0, 0.1) is 5.82 Å². The molecule has 1 rings (SSSR count). The third-order valence-corrected chi connectivity index (χ3v) is 3.74. The van der Waals surface area contributed by atoms with Crippen LogP contribution in [0.2, 0.25) is 0 Å². The van der Waals surface area contributed by atoms with Crippen LogP contribution >= 0.6 is 11.8 Å². The maximum absolute atomic E-state index is 13.0. The predicted octanol–water partition coefficient (Wildman–Crippen LogP) is 2.79. The Morgan fingerprint density at radius 3 is 2.75 bits per heavy atom. The molecular weight excluding hydrogens is 283 g/mol. The fraction of sp³-hybridized carbons (Fsp3) is 0.385. The number of amides is 2. The number of carboxylic acid groups (broad SMARTS) is 1. The summed E-state index contributed by atoms with van der Waals surface area (Å²) in [5.41, 5.74) is -0.216. The molecule has 0 aliphatic rings. The summed E-state index contributed by atoms with van der Waals surface area (Å²) in [7, 11) is 0. The van der Waals surface area contributed by atoms with Crippen LogP contribution in [0.25, 0.3) is 0 Å². The van der Waals surface area contributed by atoms with Crippen molar-refractivity contribution in [3.8, 4) is 0 Å². The van der Waals surface area contributed by atoms with E-state index in [1.54, 1.807) is 11.8 Å². The number of rotatable bonds is 6. The van der Waals surface area contributed by atoms with Crippen LogP contribution in [0.1, 0.15) is 23.7 Å². The Morgan fingerprint density at radius 1 is 1.45 bits per heavy atom. The van der Waals surface area contributed by atoms with E-state index in [1.165, 1.54) is 6.07 Å². The maximum Gasteiger partial charge on any atom is 0.337 e. The summed E-state index contributed by atoms with van der Waals surface area (Å²) in [4.78, 5) is 22.6. The molecule has 110 valence electrons. The summed E-state index contributed by atoms with van der Waals surface area (Å²) < 4.78 is 13.0. The van der Waals surface area contributed by atoms with E-state index in [0.29, 0.717) is 11.8 Å². The highest BCUT2D eigenvalue weighted by atomic mass is 32.2. The molecule has 1 aromatic rings. The van der Waals surface area contributed by atoms with Crippen LogP contribution in [-0.2, 0) is 0 Å². The molecule has 0 fully saturated rings. The van der Waals surface area contributed by atoms with E-state index in [9.17, 15) is 14.0 Å². The van der Waals surface area contributed by atoms with Crippen LogP contribution in [0.3, 0.4) is 0 Å². The molecule has 0 bridgehead atoms. The number of carboxylic acids is 1. The zero-order chi connectivity index (χ0) is 15.1. The van der Waals surface area contributed by atoms with Crippen molar-refractivity contribution < 1.29 is 19.1 Å². The zero-order valence-corrected chi connectivity index (χ0v) is 12.1. The number of nitrogens with one attached hydrogen (secondary N) is 2. The molecule has 1 atom stereocenters. The molecule has 0 aromatic heterocycles.